The van der Waals surface area contributed by atoms with Crippen molar-refractivity contribution >= 4 is 0 Å². The average molecular weight is 922 g/mol. The van der Waals surface area contributed by atoms with Gasteiger partial charge in [0.05, 0.1) is 0 Å². The molecular formula is C60H39Cl2Zr. The van der Waals surface area contributed by atoms with Crippen LogP contribution in [-0.4, -0.2) is 0 Å². The molecule has 0 amide bonds. The summed E-state index contributed by atoms with van der Waals surface area (Å²) in [5.41, 5.74) is 19.3. The van der Waals surface area contributed by atoms with Crippen LogP contribution in [0.25, 0.3) is 22.3 Å². The van der Waals surface area contributed by atoms with E-state index in [2.05, 4.69) is 127 Å². The predicted molar refractivity (Wildman–Crippen MR) is 247 cm³/mol. The Morgan fingerprint density at radius 3 is 0.825 bits per heavy atom. The first-order chi connectivity index (χ1) is 30.1. The molecule has 2 aliphatic rings. The Morgan fingerprint density at radius 2 is 0.556 bits per heavy atom. The minimum absolute atomic E-state index is 0. The standard InChI is InChI=1S/C31H22.C29H17.2ClH.Zr/c1-2-27-30-21-25(15-13-23-9-5-3-6-10-23)17-19-28(30)29-20-18-26(22-31(27)29)16-14-24-11-7-4-8-12-24;1-3-7-22(8-4-1)11-13-24-15-17-28-26(19-24)21-27-20-25(16-18-29(27)28)14-12-23-9-5-2-6-10-23;;;/h3-12,17-22,27H,2H2,1H3;1-10,15-21H;2*1H;/q;;;;+2/p-2. The summed E-state index contributed by atoms with van der Waals surface area (Å²) < 4.78 is 0.430. The summed E-state index contributed by atoms with van der Waals surface area (Å²) >= 11 is 1.49. The van der Waals surface area contributed by atoms with Crippen LogP contribution in [0.5, 0.6) is 0 Å². The van der Waals surface area contributed by atoms with Crippen molar-refractivity contribution in [1.82, 2.24) is 0 Å². The van der Waals surface area contributed by atoms with Crippen LogP contribution in [0.2, 0.25) is 0 Å². The molecule has 0 saturated carbocycles. The summed E-state index contributed by atoms with van der Waals surface area (Å²) in [5.74, 6) is 26.8. The van der Waals surface area contributed by atoms with Crippen molar-refractivity contribution in [3.05, 3.63) is 261 Å². The van der Waals surface area contributed by atoms with E-state index in [4.69, 9.17) is 0 Å². The number of rotatable bonds is 1. The van der Waals surface area contributed by atoms with E-state index in [-0.39, 0.29) is 24.8 Å². The zero-order chi connectivity index (χ0) is 41.4. The van der Waals surface area contributed by atoms with Crippen LogP contribution in [0.1, 0.15) is 89.6 Å². The van der Waals surface area contributed by atoms with Crippen molar-refractivity contribution < 1.29 is 49.5 Å². The monoisotopic (exact) mass is 919 g/mol. The maximum atomic E-state index is 3.34. The summed E-state index contributed by atoms with van der Waals surface area (Å²) in [6.07, 6.45) is 1.06. The maximum absolute atomic E-state index is 3.34. The summed E-state index contributed by atoms with van der Waals surface area (Å²) in [6.45, 7) is 2.26. The molecule has 8 aromatic rings. The third-order valence-corrected chi connectivity index (χ3v) is 12.6. The number of halogens is 2. The summed E-state index contributed by atoms with van der Waals surface area (Å²) in [5, 5.41) is 0. The van der Waals surface area contributed by atoms with Crippen LogP contribution in [-0.2, 0) is 24.7 Å². The van der Waals surface area contributed by atoms with Gasteiger partial charge in [-0.2, -0.15) is 0 Å². The average Bonchev–Trinajstić information content (AvgIpc) is 3.79. The van der Waals surface area contributed by atoms with Crippen molar-refractivity contribution in [3.8, 4) is 69.6 Å². The SMILES string of the molecule is CCC1c2cc(C#Cc3ccccc3)ccc2-c2ccc(C#Cc3ccccc3)cc21.[Cl-].[Cl-].[Zr+2][CH]1c2cc(C#Cc3ccccc3)ccc2-c2ccc(C#Cc3ccccc3)cc21. The number of hydrogen-bond donors (Lipinski definition) is 0. The molecule has 0 saturated heterocycles. The van der Waals surface area contributed by atoms with E-state index in [1.54, 1.807) is 0 Å². The van der Waals surface area contributed by atoms with E-state index < -0.39 is 0 Å². The minimum atomic E-state index is 0. The molecule has 0 unspecified atom stereocenters. The fourth-order valence-electron chi connectivity index (χ4n) is 8.04. The molecule has 10 rings (SSSR count). The zero-order valence-electron chi connectivity index (χ0n) is 34.6. The zero-order valence-corrected chi connectivity index (χ0v) is 38.6. The van der Waals surface area contributed by atoms with Crippen LogP contribution in [0.4, 0.5) is 0 Å². The molecule has 63 heavy (non-hydrogen) atoms. The van der Waals surface area contributed by atoms with Gasteiger partial charge in [0, 0.05) is 28.2 Å². The third-order valence-electron chi connectivity index (χ3n) is 11.1. The van der Waals surface area contributed by atoms with Gasteiger partial charge in [0.1, 0.15) is 0 Å². The predicted octanol–water partition coefficient (Wildman–Crippen LogP) is 7.12. The van der Waals surface area contributed by atoms with E-state index in [1.165, 1.54) is 69.2 Å². The Labute approximate surface area is 399 Å². The molecule has 0 fully saturated rings. The first kappa shape index (κ1) is 44.5. The van der Waals surface area contributed by atoms with Crippen molar-refractivity contribution in [2.24, 2.45) is 0 Å². The van der Waals surface area contributed by atoms with Gasteiger partial charge >= 0.3 is 194 Å². The second-order valence-corrected chi connectivity index (χ2v) is 16.5. The Hall–Kier alpha value is -6.54. The third kappa shape index (κ3) is 10.4. The molecule has 0 N–H and O–H groups in total. The molecule has 0 bridgehead atoms. The molecule has 2 aliphatic carbocycles. The van der Waals surface area contributed by atoms with Gasteiger partial charge < -0.3 is 24.8 Å². The molecule has 0 nitrogen and oxygen atoms in total. The van der Waals surface area contributed by atoms with Gasteiger partial charge in [0.15, 0.2) is 0 Å². The van der Waals surface area contributed by atoms with E-state index in [0.717, 1.165) is 50.9 Å². The van der Waals surface area contributed by atoms with E-state index >= 15 is 0 Å². The fourth-order valence-corrected chi connectivity index (χ4v) is 9.21. The van der Waals surface area contributed by atoms with Crippen molar-refractivity contribution in [2.45, 2.75) is 22.9 Å². The summed E-state index contributed by atoms with van der Waals surface area (Å²) in [6, 6.07) is 67.1. The van der Waals surface area contributed by atoms with Gasteiger partial charge in [-0.15, -0.1) is 0 Å². The van der Waals surface area contributed by atoms with Gasteiger partial charge in [-0.1, -0.05) is 79.1 Å². The van der Waals surface area contributed by atoms with E-state index in [9.17, 15) is 0 Å². The molecule has 0 heterocycles. The number of benzene rings is 8. The van der Waals surface area contributed by atoms with Gasteiger partial charge in [-0.3, -0.25) is 0 Å². The first-order valence-electron chi connectivity index (χ1n) is 20.7. The summed E-state index contributed by atoms with van der Waals surface area (Å²) in [7, 11) is 0. The molecule has 0 radical (unpaired) electrons. The Kier molecular flexibility index (Phi) is 14.9. The van der Waals surface area contributed by atoms with Gasteiger partial charge in [-0.05, 0) is 77.2 Å². The van der Waals surface area contributed by atoms with Crippen molar-refractivity contribution in [1.29, 1.82) is 0 Å². The van der Waals surface area contributed by atoms with Gasteiger partial charge in [0.2, 0.25) is 0 Å². The normalized spacial score (nSPS) is 11.2. The molecule has 3 heteroatoms. The quantitative estimate of drug-likeness (QED) is 0.154. The van der Waals surface area contributed by atoms with E-state index in [1.807, 2.05) is 121 Å². The molecular weight excluding hydrogens is 883 g/mol. The Morgan fingerprint density at radius 1 is 0.317 bits per heavy atom. The molecule has 0 atom stereocenters. The topological polar surface area (TPSA) is 0 Å². The first-order valence-corrected chi connectivity index (χ1v) is 22.1. The van der Waals surface area contributed by atoms with Crippen LogP contribution < -0.4 is 24.8 Å². The molecule has 8 aromatic carbocycles. The molecule has 0 aromatic heterocycles. The van der Waals surface area contributed by atoms with Crippen LogP contribution in [0.3, 0.4) is 0 Å². The summed E-state index contributed by atoms with van der Waals surface area (Å²) in [4.78, 5) is 0. The second kappa shape index (κ2) is 21.0. The Bertz CT molecular complexity index is 2930. The van der Waals surface area contributed by atoms with Crippen molar-refractivity contribution in [2.75, 3.05) is 0 Å². The number of hydrogen-bond acceptors (Lipinski definition) is 0. The second-order valence-electron chi connectivity index (χ2n) is 15.1. The molecule has 297 valence electrons. The van der Waals surface area contributed by atoms with Crippen LogP contribution in [0, 0.1) is 47.4 Å². The van der Waals surface area contributed by atoms with Gasteiger partial charge in [-0.25, -0.2) is 0 Å². The Balaban J connectivity index is 0.000000183. The van der Waals surface area contributed by atoms with Crippen molar-refractivity contribution in [3.63, 3.8) is 0 Å². The van der Waals surface area contributed by atoms with E-state index in [0.29, 0.717) is 9.54 Å². The molecule has 0 aliphatic heterocycles. The van der Waals surface area contributed by atoms with Crippen LogP contribution in [0.15, 0.2) is 194 Å². The van der Waals surface area contributed by atoms with Crippen LogP contribution >= 0.6 is 0 Å². The number of fused-ring (bicyclic) bond motifs is 6. The fraction of sp³-hybridized carbons (Fsp3) is 0.0667. The van der Waals surface area contributed by atoms with Gasteiger partial charge in [0.25, 0.3) is 0 Å². The molecule has 0 spiro atoms.